The van der Waals surface area contributed by atoms with Crippen LogP contribution in [0.5, 0.6) is 5.75 Å². The minimum absolute atomic E-state index is 0.0260. The van der Waals surface area contributed by atoms with Crippen LogP contribution < -0.4 is 10.1 Å². The zero-order valence-corrected chi connectivity index (χ0v) is 17.7. The van der Waals surface area contributed by atoms with E-state index in [4.69, 9.17) is 4.74 Å². The summed E-state index contributed by atoms with van der Waals surface area (Å²) in [4.78, 5) is 38.4. The number of ether oxygens (including phenoxy) is 1. The quantitative estimate of drug-likeness (QED) is 0.644. The van der Waals surface area contributed by atoms with Crippen LogP contribution in [0.1, 0.15) is 11.1 Å². The van der Waals surface area contributed by atoms with E-state index in [9.17, 15) is 19.5 Å². The van der Waals surface area contributed by atoms with Crippen LogP contribution in [0.15, 0.2) is 65.9 Å². The van der Waals surface area contributed by atoms with E-state index in [1.807, 2.05) is 54.6 Å². The Morgan fingerprint density at radius 3 is 2.48 bits per heavy atom. The van der Waals surface area contributed by atoms with Crippen molar-refractivity contribution in [3.05, 3.63) is 77.0 Å². The van der Waals surface area contributed by atoms with Gasteiger partial charge in [-0.25, -0.2) is 4.79 Å². The van der Waals surface area contributed by atoms with Crippen molar-refractivity contribution >= 4 is 29.5 Å². The van der Waals surface area contributed by atoms with E-state index in [0.29, 0.717) is 17.7 Å². The van der Waals surface area contributed by atoms with E-state index in [-0.39, 0.29) is 23.9 Å². The first-order valence-corrected chi connectivity index (χ1v) is 10.9. The average Bonchev–Trinajstić information content (AvgIpc) is 2.78. The second kappa shape index (κ2) is 8.85. The lowest BCUT2D eigenvalue weighted by Crippen LogP contribution is -2.70. The van der Waals surface area contributed by atoms with Crippen LogP contribution in [0, 0.1) is 0 Å². The lowest BCUT2D eigenvalue weighted by molar-refractivity contribution is -0.150. The zero-order valence-electron chi connectivity index (χ0n) is 16.9. The molecule has 2 heterocycles. The maximum Gasteiger partial charge on any atom is 0.352 e. The molecular formula is C23H22N2O5S. The second-order valence-corrected chi connectivity index (χ2v) is 8.50. The number of carbonyl (C=O) groups excluding carboxylic acids is 2. The summed E-state index contributed by atoms with van der Waals surface area (Å²) in [6, 6.07) is 16.0. The average molecular weight is 439 g/mol. The maximum atomic E-state index is 12.8. The number of carbonyl (C=O) groups is 3. The SMILES string of the molecule is COc1ccc(CC2=C(C(=O)O)N3C(=O)C(NC(=O)Cc4ccccc4)[C@H]3SC2)cc1. The smallest absolute Gasteiger partial charge is 0.352 e. The summed E-state index contributed by atoms with van der Waals surface area (Å²) in [7, 11) is 1.59. The first-order valence-electron chi connectivity index (χ1n) is 9.84. The van der Waals surface area contributed by atoms with Crippen molar-refractivity contribution in [2.45, 2.75) is 24.3 Å². The van der Waals surface area contributed by atoms with E-state index >= 15 is 0 Å². The molecule has 1 unspecified atom stereocenters. The fourth-order valence-corrected chi connectivity index (χ4v) is 5.16. The molecule has 0 spiro atoms. The summed E-state index contributed by atoms with van der Waals surface area (Å²) in [5.74, 6) is -0.567. The van der Waals surface area contributed by atoms with Gasteiger partial charge in [-0.2, -0.15) is 0 Å². The highest BCUT2D eigenvalue weighted by molar-refractivity contribution is 8.00. The van der Waals surface area contributed by atoms with Crippen LogP contribution in [0.2, 0.25) is 0 Å². The number of fused-ring (bicyclic) bond motifs is 1. The number of hydrogen-bond donors (Lipinski definition) is 2. The molecule has 4 rings (SSSR count). The second-order valence-electron chi connectivity index (χ2n) is 7.40. The predicted molar refractivity (Wildman–Crippen MR) is 117 cm³/mol. The molecule has 1 saturated heterocycles. The topological polar surface area (TPSA) is 95.9 Å². The van der Waals surface area contributed by atoms with E-state index < -0.39 is 17.4 Å². The molecule has 0 radical (unpaired) electrons. The molecule has 0 aliphatic carbocycles. The van der Waals surface area contributed by atoms with Crippen LogP contribution >= 0.6 is 11.8 Å². The molecule has 2 atom stereocenters. The van der Waals surface area contributed by atoms with E-state index in [1.54, 1.807) is 7.11 Å². The maximum absolute atomic E-state index is 12.8. The number of amides is 2. The number of methoxy groups -OCH3 is 1. The molecular weight excluding hydrogens is 416 g/mol. The molecule has 160 valence electrons. The number of nitrogens with zero attached hydrogens (tertiary/aromatic N) is 1. The Morgan fingerprint density at radius 1 is 1.13 bits per heavy atom. The number of rotatable bonds is 7. The Kier molecular flexibility index (Phi) is 5.99. The molecule has 2 aromatic rings. The van der Waals surface area contributed by atoms with Crippen LogP contribution in [0.4, 0.5) is 0 Å². The molecule has 31 heavy (non-hydrogen) atoms. The third-order valence-corrected chi connectivity index (χ3v) is 6.69. The highest BCUT2D eigenvalue weighted by atomic mass is 32.2. The predicted octanol–water partition coefficient (Wildman–Crippen LogP) is 2.22. The Morgan fingerprint density at radius 2 is 1.84 bits per heavy atom. The van der Waals surface area contributed by atoms with Gasteiger partial charge in [0.05, 0.1) is 13.5 Å². The molecule has 2 amide bonds. The molecule has 1 fully saturated rings. The number of carboxylic acid groups (broad SMARTS) is 1. The van der Waals surface area contributed by atoms with E-state index in [1.165, 1.54) is 16.7 Å². The molecule has 2 N–H and O–H groups in total. The minimum Gasteiger partial charge on any atom is -0.497 e. The van der Waals surface area contributed by atoms with Gasteiger partial charge in [-0.15, -0.1) is 11.8 Å². The normalized spacial score (nSPS) is 20.0. The molecule has 0 saturated carbocycles. The molecule has 7 nitrogen and oxygen atoms in total. The zero-order chi connectivity index (χ0) is 22.0. The number of aliphatic carboxylic acids is 1. The van der Waals surface area contributed by atoms with Crippen molar-refractivity contribution in [3.63, 3.8) is 0 Å². The van der Waals surface area contributed by atoms with Crippen LogP contribution in [0.3, 0.4) is 0 Å². The third kappa shape index (κ3) is 4.29. The fourth-order valence-electron chi connectivity index (χ4n) is 3.81. The van der Waals surface area contributed by atoms with Gasteiger partial charge in [-0.3, -0.25) is 14.5 Å². The Bertz CT molecular complexity index is 1040. The lowest BCUT2D eigenvalue weighted by Gasteiger charge is -2.49. The lowest BCUT2D eigenvalue weighted by atomic mass is 9.98. The van der Waals surface area contributed by atoms with Gasteiger partial charge >= 0.3 is 5.97 Å². The molecule has 2 aliphatic rings. The van der Waals surface area contributed by atoms with Gasteiger partial charge < -0.3 is 15.2 Å². The minimum atomic E-state index is -1.13. The summed E-state index contributed by atoms with van der Waals surface area (Å²) in [6.07, 6.45) is 0.604. The Labute approximate surface area is 184 Å². The highest BCUT2D eigenvalue weighted by Crippen LogP contribution is 2.41. The number of nitrogens with one attached hydrogen (secondary N) is 1. The van der Waals surface area contributed by atoms with Crippen molar-refractivity contribution in [2.24, 2.45) is 0 Å². The van der Waals surface area contributed by atoms with Gasteiger partial charge in [0.2, 0.25) is 5.91 Å². The summed E-state index contributed by atoms with van der Waals surface area (Å²) in [5, 5.41) is 12.2. The monoisotopic (exact) mass is 438 g/mol. The molecule has 8 heteroatoms. The Hall–Kier alpha value is -3.26. The molecule has 0 aromatic heterocycles. The van der Waals surface area contributed by atoms with E-state index in [2.05, 4.69) is 5.32 Å². The Balaban J connectivity index is 1.47. The summed E-state index contributed by atoms with van der Waals surface area (Å²) in [6.45, 7) is 0. The number of thioether (sulfide) groups is 1. The van der Waals surface area contributed by atoms with E-state index in [0.717, 1.165) is 16.9 Å². The van der Waals surface area contributed by atoms with Crippen LogP contribution in [-0.4, -0.2) is 52.1 Å². The van der Waals surface area contributed by atoms with Crippen molar-refractivity contribution in [1.82, 2.24) is 10.2 Å². The van der Waals surface area contributed by atoms with Gasteiger partial charge in [0.25, 0.3) is 5.91 Å². The summed E-state index contributed by atoms with van der Waals surface area (Å²) >= 11 is 1.47. The summed E-state index contributed by atoms with van der Waals surface area (Å²) in [5.41, 5.74) is 2.50. The van der Waals surface area contributed by atoms with Gasteiger partial charge in [-0.05, 0) is 35.3 Å². The summed E-state index contributed by atoms with van der Waals surface area (Å²) < 4.78 is 5.16. The highest BCUT2D eigenvalue weighted by Gasteiger charge is 2.54. The fraction of sp³-hybridized carbons (Fsp3) is 0.261. The van der Waals surface area contributed by atoms with Crippen molar-refractivity contribution in [2.75, 3.05) is 12.9 Å². The molecule has 0 bridgehead atoms. The largest absolute Gasteiger partial charge is 0.497 e. The van der Waals surface area contributed by atoms with Gasteiger partial charge in [0.15, 0.2) is 0 Å². The standard InChI is InChI=1S/C23H22N2O5S/c1-30-17-9-7-15(8-10-17)11-16-13-31-22-19(21(27)25(22)20(16)23(28)29)24-18(26)12-14-5-3-2-4-6-14/h2-10,19,22H,11-13H2,1H3,(H,24,26)(H,28,29)/t19?,22-/m1/s1. The van der Waals surface area contributed by atoms with Crippen molar-refractivity contribution in [3.8, 4) is 5.75 Å². The number of hydrogen-bond acceptors (Lipinski definition) is 5. The first kappa shape index (κ1) is 21.0. The number of β-lactam (4-membered cyclic amide) rings is 1. The molecule has 2 aliphatic heterocycles. The number of carboxylic acids is 1. The van der Waals surface area contributed by atoms with Gasteiger partial charge in [-0.1, -0.05) is 42.5 Å². The number of benzene rings is 2. The third-order valence-electron chi connectivity index (χ3n) is 5.35. The first-order chi connectivity index (χ1) is 15.0. The van der Waals surface area contributed by atoms with Crippen LogP contribution in [0.25, 0.3) is 0 Å². The van der Waals surface area contributed by atoms with Crippen molar-refractivity contribution < 1.29 is 24.2 Å². The van der Waals surface area contributed by atoms with Gasteiger partial charge in [0.1, 0.15) is 22.9 Å². The molecule has 2 aromatic carbocycles. The van der Waals surface area contributed by atoms with Crippen LogP contribution in [-0.2, 0) is 27.2 Å². The van der Waals surface area contributed by atoms with Gasteiger partial charge in [0, 0.05) is 5.75 Å². The van der Waals surface area contributed by atoms with Crippen molar-refractivity contribution in [1.29, 1.82) is 0 Å².